The number of nitrogens with one attached hydrogen (secondary N) is 1. The molecule has 1 fully saturated rings. The zero-order chi connectivity index (χ0) is 26.3. The number of methoxy groups -OCH3 is 1. The topological polar surface area (TPSA) is 129 Å². The lowest BCUT2D eigenvalue weighted by Crippen LogP contribution is -2.48. The minimum absolute atomic E-state index is 0.150. The monoisotopic (exact) mass is 511 g/mol. The van der Waals surface area contributed by atoms with E-state index in [4.69, 9.17) is 20.2 Å². The average Bonchev–Trinajstić information content (AvgIpc) is 3.29. The van der Waals surface area contributed by atoms with E-state index in [1.807, 2.05) is 48.0 Å². The Morgan fingerprint density at radius 2 is 1.82 bits per heavy atom. The molecule has 1 aliphatic rings. The first-order chi connectivity index (χ1) is 18.4. The molecule has 0 atom stereocenters. The zero-order valence-electron chi connectivity index (χ0n) is 21.5. The van der Waals surface area contributed by atoms with Crippen molar-refractivity contribution in [3.05, 3.63) is 55.2 Å². The van der Waals surface area contributed by atoms with Crippen molar-refractivity contribution in [3.8, 4) is 17.2 Å². The summed E-state index contributed by atoms with van der Waals surface area (Å²) in [5, 5.41) is 3.35. The fourth-order valence-corrected chi connectivity index (χ4v) is 4.58. The van der Waals surface area contributed by atoms with E-state index in [9.17, 15) is 0 Å². The maximum Gasteiger partial charge on any atom is 0.226 e. The number of aryl methyl sites for hydroxylation is 1. The van der Waals surface area contributed by atoms with Crippen LogP contribution < -0.4 is 25.4 Å². The van der Waals surface area contributed by atoms with Crippen LogP contribution in [0.1, 0.15) is 19.8 Å². The summed E-state index contributed by atoms with van der Waals surface area (Å²) in [6.07, 6.45) is 6.78. The number of rotatable bonds is 6. The molecule has 0 spiro atoms. The Morgan fingerprint density at radius 1 is 0.974 bits per heavy atom. The number of hydrogen-bond donors (Lipinski definition) is 2. The Morgan fingerprint density at radius 3 is 2.63 bits per heavy atom. The third-order valence-corrected chi connectivity index (χ3v) is 6.90. The van der Waals surface area contributed by atoms with Gasteiger partial charge in [-0.3, -0.25) is 0 Å². The van der Waals surface area contributed by atoms with Crippen LogP contribution in [0.2, 0.25) is 0 Å². The van der Waals surface area contributed by atoms with E-state index in [0.29, 0.717) is 40.0 Å². The van der Waals surface area contributed by atoms with Gasteiger partial charge in [-0.2, -0.15) is 0 Å². The van der Waals surface area contributed by atoms with Crippen molar-refractivity contribution in [1.29, 1.82) is 0 Å². The smallest absolute Gasteiger partial charge is 0.226 e. The van der Waals surface area contributed by atoms with Crippen LogP contribution in [0.25, 0.3) is 22.1 Å². The molecule has 0 saturated carbocycles. The fourth-order valence-electron chi connectivity index (χ4n) is 4.58. The Balaban J connectivity index is 1.25. The molecule has 194 valence electrons. The first-order valence-corrected chi connectivity index (χ1v) is 12.4. The fraction of sp³-hybridized carbons (Fsp3) is 0.296. The van der Waals surface area contributed by atoms with Gasteiger partial charge >= 0.3 is 0 Å². The van der Waals surface area contributed by atoms with Crippen molar-refractivity contribution in [2.24, 2.45) is 12.8 Å². The minimum Gasteiger partial charge on any atom is -0.493 e. The number of hydrogen-bond acceptors (Lipinski definition) is 10. The van der Waals surface area contributed by atoms with Crippen molar-refractivity contribution in [2.45, 2.75) is 25.3 Å². The Labute approximate surface area is 219 Å². The van der Waals surface area contributed by atoms with Gasteiger partial charge < -0.3 is 30.0 Å². The highest BCUT2D eigenvalue weighted by Gasteiger charge is 2.27. The normalized spacial score (nSPS) is 15.1. The van der Waals surface area contributed by atoms with Gasteiger partial charge in [-0.1, -0.05) is 0 Å². The molecule has 0 amide bonds. The summed E-state index contributed by atoms with van der Waals surface area (Å²) in [7, 11) is 3.57. The SMILES string of the molecule is COc1cc(Nc2ncnc3cnc(N4CCC(C)(N)CC4)nc23)ccc1Oc1ccc2c(c1)ncn2C. The maximum absolute atomic E-state index is 6.30. The number of ether oxygens (including phenoxy) is 2. The summed E-state index contributed by atoms with van der Waals surface area (Å²) in [6.45, 7) is 3.70. The van der Waals surface area contributed by atoms with Crippen molar-refractivity contribution in [1.82, 2.24) is 29.5 Å². The molecular weight excluding hydrogens is 482 g/mol. The number of fused-ring (bicyclic) bond motifs is 2. The van der Waals surface area contributed by atoms with Gasteiger partial charge in [0.1, 0.15) is 23.1 Å². The molecule has 0 unspecified atom stereocenters. The largest absolute Gasteiger partial charge is 0.493 e. The maximum atomic E-state index is 6.30. The number of benzene rings is 2. The van der Waals surface area contributed by atoms with Crippen LogP contribution in [0.3, 0.4) is 0 Å². The summed E-state index contributed by atoms with van der Waals surface area (Å²) in [6, 6.07) is 11.4. The van der Waals surface area contributed by atoms with Gasteiger partial charge in [-0.15, -0.1) is 0 Å². The molecule has 11 heteroatoms. The lowest BCUT2D eigenvalue weighted by molar-refractivity contribution is 0.362. The molecule has 1 aliphatic heterocycles. The summed E-state index contributed by atoms with van der Waals surface area (Å²) >= 11 is 0. The number of piperidine rings is 1. The second-order valence-corrected chi connectivity index (χ2v) is 9.87. The van der Waals surface area contributed by atoms with Crippen LogP contribution in [0.5, 0.6) is 17.2 Å². The summed E-state index contributed by atoms with van der Waals surface area (Å²) in [5.74, 6) is 3.06. The lowest BCUT2D eigenvalue weighted by atomic mass is 9.91. The number of aromatic nitrogens is 6. The van der Waals surface area contributed by atoms with Crippen LogP contribution in [0, 0.1) is 0 Å². The molecule has 0 bridgehead atoms. The number of anilines is 3. The van der Waals surface area contributed by atoms with E-state index in [-0.39, 0.29) is 5.54 Å². The third-order valence-electron chi connectivity index (χ3n) is 6.90. The highest BCUT2D eigenvalue weighted by molar-refractivity contribution is 5.87. The molecular formula is C27H29N9O2. The van der Waals surface area contributed by atoms with Crippen molar-refractivity contribution < 1.29 is 9.47 Å². The Hall–Kier alpha value is -4.51. The first kappa shape index (κ1) is 23.9. The zero-order valence-corrected chi connectivity index (χ0v) is 21.5. The predicted octanol–water partition coefficient (Wildman–Crippen LogP) is 4.17. The van der Waals surface area contributed by atoms with Gasteiger partial charge in [-0.05, 0) is 44.0 Å². The van der Waals surface area contributed by atoms with Gasteiger partial charge in [0.25, 0.3) is 0 Å². The van der Waals surface area contributed by atoms with E-state index in [1.165, 1.54) is 6.33 Å². The van der Waals surface area contributed by atoms with Gasteiger partial charge in [0, 0.05) is 43.5 Å². The van der Waals surface area contributed by atoms with Gasteiger partial charge in [0.2, 0.25) is 5.95 Å². The standard InChI is InChI=1S/C27H29N9O2/c1-27(28)8-10-36(11-9-27)26-29-14-20-24(34-26)25(31-15-30-20)33-17-4-7-22(23(12-17)37-3)38-18-5-6-21-19(13-18)32-16-35(21)2/h4-7,12-16H,8-11,28H2,1-3H3,(H,30,31,33). The second kappa shape index (κ2) is 9.42. The first-order valence-electron chi connectivity index (χ1n) is 12.4. The van der Waals surface area contributed by atoms with Crippen LogP contribution in [-0.4, -0.2) is 55.2 Å². The molecule has 1 saturated heterocycles. The van der Waals surface area contributed by atoms with E-state index in [0.717, 1.165) is 42.7 Å². The third kappa shape index (κ3) is 4.63. The van der Waals surface area contributed by atoms with Gasteiger partial charge in [-0.25, -0.2) is 24.9 Å². The number of imidazole rings is 1. The molecule has 4 heterocycles. The van der Waals surface area contributed by atoms with E-state index >= 15 is 0 Å². The highest BCUT2D eigenvalue weighted by Crippen LogP contribution is 2.36. The number of nitrogens with zero attached hydrogens (tertiary/aromatic N) is 7. The quantitative estimate of drug-likeness (QED) is 0.343. The molecule has 0 radical (unpaired) electrons. The molecule has 2 aromatic carbocycles. The molecule has 38 heavy (non-hydrogen) atoms. The van der Waals surface area contributed by atoms with Crippen LogP contribution in [0.4, 0.5) is 17.5 Å². The summed E-state index contributed by atoms with van der Waals surface area (Å²) in [4.78, 5) is 24.7. The molecule has 3 N–H and O–H groups in total. The molecule has 3 aromatic heterocycles. The van der Waals surface area contributed by atoms with Crippen molar-refractivity contribution >= 4 is 39.5 Å². The van der Waals surface area contributed by atoms with Gasteiger partial charge in [0.15, 0.2) is 17.3 Å². The van der Waals surface area contributed by atoms with Crippen molar-refractivity contribution in [2.75, 3.05) is 30.4 Å². The van der Waals surface area contributed by atoms with Crippen LogP contribution in [-0.2, 0) is 7.05 Å². The molecule has 11 nitrogen and oxygen atoms in total. The van der Waals surface area contributed by atoms with Crippen LogP contribution >= 0.6 is 0 Å². The lowest BCUT2D eigenvalue weighted by Gasteiger charge is -2.36. The number of nitrogens with two attached hydrogens (primary N) is 1. The molecule has 0 aliphatic carbocycles. The average molecular weight is 512 g/mol. The highest BCUT2D eigenvalue weighted by atomic mass is 16.5. The Bertz CT molecular complexity index is 1620. The van der Waals surface area contributed by atoms with E-state index in [1.54, 1.807) is 19.6 Å². The Kier molecular flexibility index (Phi) is 5.91. The van der Waals surface area contributed by atoms with Crippen LogP contribution in [0.15, 0.2) is 55.2 Å². The predicted molar refractivity (Wildman–Crippen MR) is 146 cm³/mol. The van der Waals surface area contributed by atoms with Gasteiger partial charge in [0.05, 0.1) is 30.7 Å². The van der Waals surface area contributed by atoms with Crippen molar-refractivity contribution in [3.63, 3.8) is 0 Å². The van der Waals surface area contributed by atoms with E-state index in [2.05, 4.69) is 37.1 Å². The summed E-state index contributed by atoms with van der Waals surface area (Å²) in [5.41, 5.74) is 10.1. The minimum atomic E-state index is -0.150. The second-order valence-electron chi connectivity index (χ2n) is 9.87. The summed E-state index contributed by atoms with van der Waals surface area (Å²) < 4.78 is 13.7. The molecule has 5 aromatic rings. The molecule has 6 rings (SSSR count). The van der Waals surface area contributed by atoms with E-state index < -0.39 is 0 Å².